The van der Waals surface area contributed by atoms with E-state index >= 15 is 0 Å². The second-order valence-corrected chi connectivity index (χ2v) is 5.23. The summed E-state index contributed by atoms with van der Waals surface area (Å²) in [5, 5.41) is 3.62. The Kier molecular flexibility index (Phi) is 3.69. The molecule has 2 aliphatic rings. The first-order chi connectivity index (χ1) is 8.92. The number of benzene rings is 1. The third-order valence-corrected chi connectivity index (χ3v) is 3.78. The van der Waals surface area contributed by atoms with Crippen LogP contribution in [0.3, 0.4) is 0 Å². The molecule has 2 fully saturated rings. The normalized spacial score (nSPS) is 24.3. The van der Waals surface area contributed by atoms with Crippen LogP contribution in [0.15, 0.2) is 24.3 Å². The van der Waals surface area contributed by atoms with Crippen molar-refractivity contribution in [3.05, 3.63) is 24.3 Å². The molecular weight excluding hydrogens is 226 g/mol. The van der Waals surface area contributed by atoms with E-state index in [0.29, 0.717) is 6.04 Å². The summed E-state index contributed by atoms with van der Waals surface area (Å²) in [7, 11) is 0. The summed E-state index contributed by atoms with van der Waals surface area (Å²) in [6.45, 7) is 1.54. The average Bonchev–Trinajstić information content (AvgIpc) is 3.05. The Morgan fingerprint density at radius 3 is 2.72 bits per heavy atom. The van der Waals surface area contributed by atoms with Crippen LogP contribution < -0.4 is 10.1 Å². The van der Waals surface area contributed by atoms with Gasteiger partial charge < -0.3 is 14.8 Å². The van der Waals surface area contributed by atoms with Crippen LogP contribution >= 0.6 is 0 Å². The molecule has 1 atom stereocenters. The highest BCUT2D eigenvalue weighted by Gasteiger charge is 2.20. The zero-order valence-corrected chi connectivity index (χ0v) is 10.7. The fourth-order valence-corrected chi connectivity index (χ4v) is 2.76. The van der Waals surface area contributed by atoms with Crippen LogP contribution in [0.1, 0.15) is 32.1 Å². The Hall–Kier alpha value is -1.22. The smallest absolute Gasteiger partial charge is 0.142 e. The summed E-state index contributed by atoms with van der Waals surface area (Å²) in [5.74, 6) is 0.972. The predicted octanol–water partition coefficient (Wildman–Crippen LogP) is 3.21. The molecule has 0 amide bonds. The van der Waals surface area contributed by atoms with Gasteiger partial charge in [0.15, 0.2) is 0 Å². The Labute approximate surface area is 108 Å². The number of rotatable bonds is 4. The molecule has 1 heterocycles. The average molecular weight is 247 g/mol. The first kappa shape index (κ1) is 11.8. The molecule has 0 aromatic heterocycles. The second-order valence-electron chi connectivity index (χ2n) is 5.23. The Balaban J connectivity index is 1.67. The zero-order chi connectivity index (χ0) is 12.2. The number of nitrogens with one attached hydrogen (secondary N) is 1. The van der Waals surface area contributed by atoms with Gasteiger partial charge in [-0.15, -0.1) is 0 Å². The fraction of sp³-hybridized carbons (Fsp3) is 0.600. The van der Waals surface area contributed by atoms with Gasteiger partial charge in [-0.25, -0.2) is 0 Å². The van der Waals surface area contributed by atoms with E-state index in [2.05, 4.69) is 23.5 Å². The van der Waals surface area contributed by atoms with Crippen LogP contribution in [0.25, 0.3) is 0 Å². The van der Waals surface area contributed by atoms with Crippen molar-refractivity contribution in [1.29, 1.82) is 0 Å². The highest BCUT2D eigenvalue weighted by Crippen LogP contribution is 2.30. The van der Waals surface area contributed by atoms with Crippen molar-refractivity contribution >= 4 is 5.69 Å². The summed E-state index contributed by atoms with van der Waals surface area (Å²) in [5.41, 5.74) is 1.14. The van der Waals surface area contributed by atoms with Crippen molar-refractivity contribution in [3.63, 3.8) is 0 Å². The molecular formula is C15H21NO2. The van der Waals surface area contributed by atoms with Gasteiger partial charge >= 0.3 is 0 Å². The molecule has 0 radical (unpaired) electrons. The van der Waals surface area contributed by atoms with Crippen LogP contribution in [-0.4, -0.2) is 25.4 Å². The van der Waals surface area contributed by atoms with Crippen LogP contribution in [0.4, 0.5) is 5.69 Å². The molecule has 0 spiro atoms. The zero-order valence-electron chi connectivity index (χ0n) is 10.7. The van der Waals surface area contributed by atoms with Gasteiger partial charge in [0.25, 0.3) is 0 Å². The lowest BCUT2D eigenvalue weighted by molar-refractivity contribution is 0.142. The molecule has 1 saturated carbocycles. The largest absolute Gasteiger partial charge is 0.486 e. The van der Waals surface area contributed by atoms with Gasteiger partial charge in [0.1, 0.15) is 11.9 Å². The van der Waals surface area contributed by atoms with E-state index in [4.69, 9.17) is 9.47 Å². The maximum atomic E-state index is 6.03. The predicted molar refractivity (Wildman–Crippen MR) is 72.2 cm³/mol. The third kappa shape index (κ3) is 2.78. The van der Waals surface area contributed by atoms with Gasteiger partial charge in [-0.1, -0.05) is 25.0 Å². The monoisotopic (exact) mass is 247 g/mol. The third-order valence-electron chi connectivity index (χ3n) is 3.78. The van der Waals surface area contributed by atoms with Crippen molar-refractivity contribution in [3.8, 4) is 5.75 Å². The van der Waals surface area contributed by atoms with Gasteiger partial charge in [-0.05, 0) is 25.0 Å². The van der Waals surface area contributed by atoms with E-state index in [-0.39, 0.29) is 6.10 Å². The molecule has 1 saturated heterocycles. The molecule has 3 heteroatoms. The summed E-state index contributed by atoms with van der Waals surface area (Å²) >= 11 is 0. The van der Waals surface area contributed by atoms with Crippen molar-refractivity contribution in [2.75, 3.05) is 18.5 Å². The molecule has 1 N–H and O–H groups in total. The van der Waals surface area contributed by atoms with Crippen LogP contribution in [-0.2, 0) is 4.74 Å². The molecule has 0 unspecified atom stereocenters. The number of anilines is 1. The first-order valence-corrected chi connectivity index (χ1v) is 7.02. The number of hydrogen-bond donors (Lipinski definition) is 1. The molecule has 3 nitrogen and oxygen atoms in total. The van der Waals surface area contributed by atoms with Crippen LogP contribution in [0.2, 0.25) is 0 Å². The van der Waals surface area contributed by atoms with E-state index in [0.717, 1.165) is 31.1 Å². The summed E-state index contributed by atoms with van der Waals surface area (Å²) in [4.78, 5) is 0. The van der Waals surface area contributed by atoms with Gasteiger partial charge in [-0.2, -0.15) is 0 Å². The van der Waals surface area contributed by atoms with Crippen molar-refractivity contribution in [2.24, 2.45) is 0 Å². The fourth-order valence-electron chi connectivity index (χ4n) is 2.76. The minimum absolute atomic E-state index is 0.219. The number of ether oxygens (including phenoxy) is 2. The maximum Gasteiger partial charge on any atom is 0.142 e. The first-order valence-electron chi connectivity index (χ1n) is 7.02. The highest BCUT2D eigenvalue weighted by molar-refractivity contribution is 5.56. The second kappa shape index (κ2) is 5.61. The van der Waals surface area contributed by atoms with Crippen molar-refractivity contribution < 1.29 is 9.47 Å². The van der Waals surface area contributed by atoms with Gasteiger partial charge in [0, 0.05) is 12.5 Å². The lowest BCUT2D eigenvalue weighted by atomic mass is 10.2. The van der Waals surface area contributed by atoms with E-state index in [1.165, 1.54) is 25.7 Å². The molecule has 1 aliphatic carbocycles. The van der Waals surface area contributed by atoms with E-state index in [1.807, 2.05) is 6.07 Å². The Bertz CT molecular complexity index is 345. The van der Waals surface area contributed by atoms with Gasteiger partial charge in [0.2, 0.25) is 0 Å². The van der Waals surface area contributed by atoms with Gasteiger partial charge in [0.05, 0.1) is 18.9 Å². The van der Waals surface area contributed by atoms with Crippen molar-refractivity contribution in [1.82, 2.24) is 0 Å². The Morgan fingerprint density at radius 2 is 1.94 bits per heavy atom. The lowest BCUT2D eigenvalue weighted by Gasteiger charge is -2.19. The molecule has 0 bridgehead atoms. The minimum atomic E-state index is 0.219. The van der Waals surface area contributed by atoms with Gasteiger partial charge in [-0.3, -0.25) is 0 Å². The van der Waals surface area contributed by atoms with E-state index < -0.39 is 0 Å². The summed E-state index contributed by atoms with van der Waals surface area (Å²) in [6, 6.07) is 8.88. The minimum Gasteiger partial charge on any atom is -0.486 e. The SMILES string of the molecule is c1ccc(O[C@H]2CCOC2)c(NC2CCCC2)c1. The molecule has 1 aromatic carbocycles. The van der Waals surface area contributed by atoms with E-state index in [9.17, 15) is 0 Å². The standard InChI is InChI=1S/C15H21NO2/c1-2-6-12(5-1)16-14-7-3-4-8-15(14)18-13-9-10-17-11-13/h3-4,7-8,12-13,16H,1-2,5-6,9-11H2/t13-/m0/s1. The lowest BCUT2D eigenvalue weighted by Crippen LogP contribution is -2.19. The molecule has 3 rings (SSSR count). The molecule has 1 aromatic rings. The topological polar surface area (TPSA) is 30.5 Å². The summed E-state index contributed by atoms with van der Waals surface area (Å²) in [6.07, 6.45) is 6.46. The maximum absolute atomic E-state index is 6.03. The molecule has 18 heavy (non-hydrogen) atoms. The van der Waals surface area contributed by atoms with Crippen LogP contribution in [0, 0.1) is 0 Å². The number of para-hydroxylation sites is 2. The molecule has 1 aliphatic heterocycles. The quantitative estimate of drug-likeness (QED) is 0.886. The van der Waals surface area contributed by atoms with Crippen LogP contribution in [0.5, 0.6) is 5.75 Å². The summed E-state index contributed by atoms with van der Waals surface area (Å²) < 4.78 is 11.4. The Morgan fingerprint density at radius 1 is 1.11 bits per heavy atom. The molecule has 98 valence electrons. The van der Waals surface area contributed by atoms with E-state index in [1.54, 1.807) is 0 Å². The number of hydrogen-bond acceptors (Lipinski definition) is 3. The highest BCUT2D eigenvalue weighted by atomic mass is 16.5. The van der Waals surface area contributed by atoms with Crippen molar-refractivity contribution in [2.45, 2.75) is 44.2 Å².